The molecular formula is C23H25NO4. The summed E-state index contributed by atoms with van der Waals surface area (Å²) in [6.07, 6.45) is 1.78. The lowest BCUT2D eigenvalue weighted by atomic mass is 9.97. The number of amides is 1. The fourth-order valence-corrected chi connectivity index (χ4v) is 3.02. The molecule has 0 saturated heterocycles. The largest absolute Gasteiger partial charge is 0.488 e. The Labute approximate surface area is 165 Å². The highest BCUT2D eigenvalue weighted by molar-refractivity contribution is 5.99. The molecule has 0 fully saturated rings. The molecule has 146 valence electrons. The van der Waals surface area contributed by atoms with Crippen molar-refractivity contribution in [3.05, 3.63) is 65.2 Å². The Kier molecular flexibility index (Phi) is 6.14. The van der Waals surface area contributed by atoms with Crippen LogP contribution in [0.3, 0.4) is 0 Å². The minimum absolute atomic E-state index is 0.126. The predicted octanol–water partition coefficient (Wildman–Crippen LogP) is 4.55. The summed E-state index contributed by atoms with van der Waals surface area (Å²) in [5.41, 5.74) is 3.02. The smallest absolute Gasteiger partial charge is 0.338 e. The van der Waals surface area contributed by atoms with Gasteiger partial charge in [-0.05, 0) is 43.0 Å². The van der Waals surface area contributed by atoms with E-state index in [9.17, 15) is 9.59 Å². The lowest BCUT2D eigenvalue weighted by Crippen LogP contribution is -2.31. The lowest BCUT2D eigenvalue weighted by Gasteiger charge is -2.20. The molecule has 0 aliphatic carbocycles. The van der Waals surface area contributed by atoms with Crippen molar-refractivity contribution in [2.45, 2.75) is 39.2 Å². The molecule has 3 rings (SSSR count). The number of benzene rings is 2. The van der Waals surface area contributed by atoms with Gasteiger partial charge in [0.05, 0.1) is 5.57 Å². The van der Waals surface area contributed by atoms with Crippen molar-refractivity contribution in [3.8, 4) is 5.75 Å². The molecule has 0 radical (unpaired) electrons. The molecule has 5 nitrogen and oxygen atoms in total. The first-order valence-electron chi connectivity index (χ1n) is 9.52. The monoisotopic (exact) mass is 379 g/mol. The first-order chi connectivity index (χ1) is 13.5. The van der Waals surface area contributed by atoms with Gasteiger partial charge in [0.25, 0.3) is 5.91 Å². The van der Waals surface area contributed by atoms with Gasteiger partial charge < -0.3 is 14.8 Å². The number of carbonyl (C=O) groups excluding carboxylic acids is 2. The number of fused-ring (bicyclic) bond motifs is 1. The molecule has 0 unspecified atom stereocenters. The SMILES string of the molecule is CC[C@H](C)c1ccccc1NC(=O)[C@@H](C)OC(=O)C1=Cc2ccccc2OC1. The number of esters is 1. The molecule has 5 heteroatoms. The van der Waals surface area contributed by atoms with Crippen LogP contribution in [0.1, 0.15) is 44.2 Å². The van der Waals surface area contributed by atoms with Gasteiger partial charge in [0.1, 0.15) is 12.4 Å². The number of para-hydroxylation sites is 2. The summed E-state index contributed by atoms with van der Waals surface area (Å²) in [6.45, 7) is 5.91. The Morgan fingerprint density at radius 2 is 1.82 bits per heavy atom. The van der Waals surface area contributed by atoms with E-state index in [0.29, 0.717) is 11.5 Å². The molecule has 2 aromatic rings. The lowest BCUT2D eigenvalue weighted by molar-refractivity contribution is -0.149. The van der Waals surface area contributed by atoms with Crippen molar-refractivity contribution in [2.24, 2.45) is 0 Å². The van der Waals surface area contributed by atoms with E-state index in [-0.39, 0.29) is 12.5 Å². The van der Waals surface area contributed by atoms with Crippen molar-refractivity contribution in [1.82, 2.24) is 0 Å². The summed E-state index contributed by atoms with van der Waals surface area (Å²) < 4.78 is 10.9. The van der Waals surface area contributed by atoms with E-state index < -0.39 is 12.1 Å². The minimum Gasteiger partial charge on any atom is -0.488 e. The highest BCUT2D eigenvalue weighted by atomic mass is 16.6. The molecule has 0 bridgehead atoms. The molecule has 0 spiro atoms. The van der Waals surface area contributed by atoms with E-state index >= 15 is 0 Å². The third-order valence-corrected chi connectivity index (χ3v) is 4.91. The molecule has 0 saturated carbocycles. The molecule has 0 aromatic heterocycles. The zero-order chi connectivity index (χ0) is 20.1. The van der Waals surface area contributed by atoms with Gasteiger partial charge in [0.15, 0.2) is 6.10 Å². The summed E-state index contributed by atoms with van der Waals surface area (Å²) in [6, 6.07) is 15.2. The van der Waals surface area contributed by atoms with Crippen LogP contribution in [0.2, 0.25) is 0 Å². The number of nitrogens with one attached hydrogen (secondary N) is 1. The quantitative estimate of drug-likeness (QED) is 0.748. The van der Waals surface area contributed by atoms with Crippen LogP contribution in [0.15, 0.2) is 54.1 Å². The van der Waals surface area contributed by atoms with Gasteiger partial charge in [-0.15, -0.1) is 0 Å². The maximum absolute atomic E-state index is 12.6. The second-order valence-electron chi connectivity index (χ2n) is 6.93. The average Bonchev–Trinajstić information content (AvgIpc) is 2.73. The second kappa shape index (κ2) is 8.74. The first kappa shape index (κ1) is 19.7. The van der Waals surface area contributed by atoms with Crippen LogP contribution in [-0.2, 0) is 14.3 Å². The summed E-state index contributed by atoms with van der Waals surface area (Å²) in [5.74, 6) is 0.139. The van der Waals surface area contributed by atoms with Crippen molar-refractivity contribution in [3.63, 3.8) is 0 Å². The molecule has 1 aliphatic heterocycles. The number of anilines is 1. The van der Waals surface area contributed by atoms with Gasteiger partial charge in [-0.1, -0.05) is 50.2 Å². The van der Waals surface area contributed by atoms with Crippen LogP contribution < -0.4 is 10.1 Å². The highest BCUT2D eigenvalue weighted by Crippen LogP contribution is 2.28. The Morgan fingerprint density at radius 3 is 2.61 bits per heavy atom. The van der Waals surface area contributed by atoms with Crippen LogP contribution in [0, 0.1) is 0 Å². The van der Waals surface area contributed by atoms with Crippen LogP contribution in [0.25, 0.3) is 6.08 Å². The van der Waals surface area contributed by atoms with E-state index in [2.05, 4.69) is 19.2 Å². The molecular weight excluding hydrogens is 354 g/mol. The fourth-order valence-electron chi connectivity index (χ4n) is 3.02. The van der Waals surface area contributed by atoms with E-state index in [0.717, 1.165) is 29.0 Å². The number of ether oxygens (including phenoxy) is 2. The third kappa shape index (κ3) is 4.42. The topological polar surface area (TPSA) is 64.6 Å². The maximum atomic E-state index is 12.6. The number of carbonyl (C=O) groups is 2. The van der Waals surface area contributed by atoms with Gasteiger partial charge in [-0.3, -0.25) is 4.79 Å². The van der Waals surface area contributed by atoms with Crippen molar-refractivity contribution in [1.29, 1.82) is 0 Å². The van der Waals surface area contributed by atoms with Gasteiger partial charge >= 0.3 is 5.97 Å². The zero-order valence-electron chi connectivity index (χ0n) is 16.4. The fraction of sp³-hybridized carbons (Fsp3) is 0.304. The van der Waals surface area contributed by atoms with E-state index in [4.69, 9.17) is 9.47 Å². The highest BCUT2D eigenvalue weighted by Gasteiger charge is 2.24. The summed E-state index contributed by atoms with van der Waals surface area (Å²) in [7, 11) is 0. The van der Waals surface area contributed by atoms with Gasteiger partial charge in [-0.25, -0.2) is 4.79 Å². The molecule has 2 aromatic carbocycles. The molecule has 2 atom stereocenters. The Hall–Kier alpha value is -3.08. The van der Waals surface area contributed by atoms with Crippen LogP contribution in [0.5, 0.6) is 5.75 Å². The molecule has 28 heavy (non-hydrogen) atoms. The molecule has 1 amide bonds. The molecule has 1 N–H and O–H groups in total. The van der Waals surface area contributed by atoms with Crippen molar-refractivity contribution >= 4 is 23.6 Å². The number of rotatable bonds is 6. The standard InChI is InChI=1S/C23H25NO4/c1-4-15(2)19-10-6-7-11-20(19)24-22(25)16(3)28-23(26)18-13-17-9-5-8-12-21(17)27-14-18/h5-13,15-16H,4,14H2,1-3H3,(H,24,25)/t15-,16+/m0/s1. The van der Waals surface area contributed by atoms with Gasteiger partial charge in [-0.2, -0.15) is 0 Å². The minimum atomic E-state index is -0.921. The van der Waals surface area contributed by atoms with E-state index in [1.807, 2.05) is 48.5 Å². The Bertz CT molecular complexity index is 903. The summed E-state index contributed by atoms with van der Waals surface area (Å²) in [5, 5.41) is 2.88. The van der Waals surface area contributed by atoms with Crippen LogP contribution in [0.4, 0.5) is 5.69 Å². The Morgan fingerprint density at radius 1 is 1.11 bits per heavy atom. The normalized spacial score (nSPS) is 14.8. The van der Waals surface area contributed by atoms with Crippen LogP contribution in [-0.4, -0.2) is 24.6 Å². The van der Waals surface area contributed by atoms with Crippen molar-refractivity contribution in [2.75, 3.05) is 11.9 Å². The summed E-state index contributed by atoms with van der Waals surface area (Å²) in [4.78, 5) is 25.0. The first-order valence-corrected chi connectivity index (χ1v) is 9.52. The Balaban J connectivity index is 1.65. The predicted molar refractivity (Wildman–Crippen MR) is 109 cm³/mol. The van der Waals surface area contributed by atoms with E-state index in [1.54, 1.807) is 13.0 Å². The van der Waals surface area contributed by atoms with E-state index in [1.165, 1.54) is 0 Å². The molecule has 1 heterocycles. The van der Waals surface area contributed by atoms with Crippen molar-refractivity contribution < 1.29 is 19.1 Å². The molecule has 1 aliphatic rings. The van der Waals surface area contributed by atoms with Crippen LogP contribution >= 0.6 is 0 Å². The average molecular weight is 379 g/mol. The maximum Gasteiger partial charge on any atom is 0.338 e. The van der Waals surface area contributed by atoms with Gasteiger partial charge in [0, 0.05) is 11.3 Å². The number of hydrogen-bond donors (Lipinski definition) is 1. The van der Waals surface area contributed by atoms with Gasteiger partial charge in [0.2, 0.25) is 0 Å². The second-order valence-corrected chi connectivity index (χ2v) is 6.93. The number of hydrogen-bond acceptors (Lipinski definition) is 4. The summed E-state index contributed by atoms with van der Waals surface area (Å²) >= 11 is 0. The zero-order valence-corrected chi connectivity index (χ0v) is 16.4. The third-order valence-electron chi connectivity index (χ3n) is 4.91.